The molecule has 0 radical (unpaired) electrons. The summed E-state index contributed by atoms with van der Waals surface area (Å²) in [6, 6.07) is 6.58. The lowest BCUT2D eigenvalue weighted by Gasteiger charge is -2.28. The van der Waals surface area contributed by atoms with Gasteiger partial charge < -0.3 is 10.5 Å². The summed E-state index contributed by atoms with van der Waals surface area (Å²) in [5.74, 6) is 1.42. The molecule has 3 heteroatoms. The van der Waals surface area contributed by atoms with E-state index in [9.17, 15) is 0 Å². The van der Waals surface area contributed by atoms with Crippen LogP contribution in [0.3, 0.4) is 0 Å². The maximum atomic E-state index is 5.94. The van der Waals surface area contributed by atoms with Crippen molar-refractivity contribution in [2.45, 2.75) is 40.3 Å². The lowest BCUT2D eigenvalue weighted by atomic mass is 10.1. The van der Waals surface area contributed by atoms with E-state index in [2.05, 4.69) is 38.7 Å². The van der Waals surface area contributed by atoms with E-state index in [0.29, 0.717) is 17.6 Å². The number of rotatable bonds is 6. The van der Waals surface area contributed by atoms with Crippen LogP contribution in [0, 0.1) is 5.92 Å². The van der Waals surface area contributed by atoms with Crippen molar-refractivity contribution < 1.29 is 4.74 Å². The molecule has 1 rings (SSSR count). The van der Waals surface area contributed by atoms with Crippen molar-refractivity contribution in [3.8, 4) is 5.75 Å². The predicted octanol–water partition coefficient (Wildman–Crippen LogP) is 3.14. The molecule has 102 valence electrons. The number of hydrogen-bond acceptors (Lipinski definition) is 3. The molecule has 0 aliphatic rings. The zero-order chi connectivity index (χ0) is 13.7. The molecular formula is C15H26N2O. The van der Waals surface area contributed by atoms with Crippen LogP contribution in [0.15, 0.2) is 18.2 Å². The van der Waals surface area contributed by atoms with Crippen molar-refractivity contribution >= 4 is 5.69 Å². The highest BCUT2D eigenvalue weighted by Gasteiger charge is 2.12. The minimum atomic E-state index is 0.538. The molecule has 0 unspecified atom stereocenters. The number of benzene rings is 1. The van der Waals surface area contributed by atoms with Gasteiger partial charge in [-0.3, -0.25) is 4.90 Å². The molecule has 0 spiro atoms. The van der Waals surface area contributed by atoms with Crippen LogP contribution in [-0.4, -0.2) is 24.6 Å². The quantitative estimate of drug-likeness (QED) is 0.788. The van der Waals surface area contributed by atoms with Crippen molar-refractivity contribution in [2.24, 2.45) is 5.92 Å². The van der Waals surface area contributed by atoms with Gasteiger partial charge in [0.15, 0.2) is 0 Å². The van der Waals surface area contributed by atoms with Crippen molar-refractivity contribution in [1.82, 2.24) is 4.90 Å². The third-order valence-electron chi connectivity index (χ3n) is 3.01. The molecule has 2 N–H and O–H groups in total. The van der Waals surface area contributed by atoms with Crippen LogP contribution in [0.2, 0.25) is 0 Å². The Labute approximate surface area is 111 Å². The zero-order valence-electron chi connectivity index (χ0n) is 12.2. The Morgan fingerprint density at radius 3 is 2.33 bits per heavy atom. The standard InChI is InChI=1S/C15H26N2O/c1-11(2)9-17(12(3)4)10-13-6-7-15(18-5)14(16)8-13/h6-8,11-12H,9-10,16H2,1-5H3. The number of hydrogen-bond donors (Lipinski definition) is 1. The Bertz CT molecular complexity index is 375. The maximum absolute atomic E-state index is 5.94. The van der Waals surface area contributed by atoms with Gasteiger partial charge in [-0.05, 0) is 37.5 Å². The van der Waals surface area contributed by atoms with Gasteiger partial charge in [0, 0.05) is 19.1 Å². The summed E-state index contributed by atoms with van der Waals surface area (Å²) in [5, 5.41) is 0. The first-order valence-corrected chi connectivity index (χ1v) is 6.60. The first-order chi connectivity index (χ1) is 8.43. The molecule has 0 aliphatic carbocycles. The van der Waals surface area contributed by atoms with E-state index in [1.54, 1.807) is 7.11 Å². The summed E-state index contributed by atoms with van der Waals surface area (Å²) in [6.07, 6.45) is 0. The van der Waals surface area contributed by atoms with E-state index < -0.39 is 0 Å². The molecule has 1 aromatic carbocycles. The molecule has 0 aromatic heterocycles. The molecule has 0 bridgehead atoms. The molecule has 0 saturated heterocycles. The maximum Gasteiger partial charge on any atom is 0.141 e. The molecule has 1 aromatic rings. The van der Waals surface area contributed by atoms with Gasteiger partial charge in [-0.1, -0.05) is 19.9 Å². The molecular weight excluding hydrogens is 224 g/mol. The second kappa shape index (κ2) is 6.64. The van der Waals surface area contributed by atoms with E-state index in [-0.39, 0.29) is 0 Å². The zero-order valence-corrected chi connectivity index (χ0v) is 12.2. The van der Waals surface area contributed by atoms with Crippen molar-refractivity contribution in [2.75, 3.05) is 19.4 Å². The Morgan fingerprint density at radius 1 is 1.22 bits per heavy atom. The van der Waals surface area contributed by atoms with Gasteiger partial charge in [0.25, 0.3) is 0 Å². The fourth-order valence-corrected chi connectivity index (χ4v) is 2.04. The fraction of sp³-hybridized carbons (Fsp3) is 0.600. The second-order valence-electron chi connectivity index (χ2n) is 5.49. The highest BCUT2D eigenvalue weighted by atomic mass is 16.5. The van der Waals surface area contributed by atoms with E-state index in [1.807, 2.05) is 12.1 Å². The fourth-order valence-electron chi connectivity index (χ4n) is 2.04. The van der Waals surface area contributed by atoms with Crippen molar-refractivity contribution in [1.29, 1.82) is 0 Å². The molecule has 18 heavy (non-hydrogen) atoms. The van der Waals surface area contributed by atoms with Crippen LogP contribution in [-0.2, 0) is 6.54 Å². The lowest BCUT2D eigenvalue weighted by molar-refractivity contribution is 0.189. The number of nitrogens with two attached hydrogens (primary N) is 1. The summed E-state index contributed by atoms with van der Waals surface area (Å²) >= 11 is 0. The van der Waals surface area contributed by atoms with E-state index in [4.69, 9.17) is 10.5 Å². The van der Waals surface area contributed by atoms with Crippen LogP contribution in [0.25, 0.3) is 0 Å². The Balaban J connectivity index is 2.77. The molecule has 0 heterocycles. The molecule has 3 nitrogen and oxygen atoms in total. The van der Waals surface area contributed by atoms with Gasteiger partial charge in [0.2, 0.25) is 0 Å². The molecule has 0 aliphatic heterocycles. The average molecular weight is 250 g/mol. The summed E-state index contributed by atoms with van der Waals surface area (Å²) < 4.78 is 5.18. The number of anilines is 1. The first kappa shape index (κ1) is 14.8. The van der Waals surface area contributed by atoms with E-state index in [0.717, 1.165) is 18.8 Å². The minimum Gasteiger partial charge on any atom is -0.495 e. The SMILES string of the molecule is COc1ccc(CN(CC(C)C)C(C)C)cc1N. The normalized spacial score (nSPS) is 11.6. The van der Waals surface area contributed by atoms with Gasteiger partial charge in [-0.15, -0.1) is 0 Å². The molecule has 0 atom stereocenters. The van der Waals surface area contributed by atoms with Crippen LogP contribution in [0.1, 0.15) is 33.3 Å². The summed E-state index contributed by atoms with van der Waals surface area (Å²) in [4.78, 5) is 2.46. The van der Waals surface area contributed by atoms with Crippen molar-refractivity contribution in [3.05, 3.63) is 23.8 Å². The Kier molecular flexibility index (Phi) is 5.48. The number of ether oxygens (including phenoxy) is 1. The molecule has 0 fully saturated rings. The average Bonchev–Trinajstić information content (AvgIpc) is 2.27. The summed E-state index contributed by atoms with van der Waals surface area (Å²) in [7, 11) is 1.64. The number of nitrogen functional groups attached to an aromatic ring is 1. The number of methoxy groups -OCH3 is 1. The monoisotopic (exact) mass is 250 g/mol. The Hall–Kier alpha value is -1.22. The summed E-state index contributed by atoms with van der Waals surface area (Å²) in [5.41, 5.74) is 7.89. The van der Waals surface area contributed by atoms with Gasteiger partial charge in [0.1, 0.15) is 5.75 Å². The molecule has 0 amide bonds. The van der Waals surface area contributed by atoms with Crippen LogP contribution in [0.4, 0.5) is 5.69 Å². The summed E-state index contributed by atoms with van der Waals surface area (Å²) in [6.45, 7) is 11.0. The van der Waals surface area contributed by atoms with Crippen molar-refractivity contribution in [3.63, 3.8) is 0 Å². The topological polar surface area (TPSA) is 38.5 Å². The largest absolute Gasteiger partial charge is 0.495 e. The van der Waals surface area contributed by atoms with E-state index in [1.165, 1.54) is 5.56 Å². The van der Waals surface area contributed by atoms with Crippen LogP contribution < -0.4 is 10.5 Å². The second-order valence-corrected chi connectivity index (χ2v) is 5.49. The predicted molar refractivity (Wildman–Crippen MR) is 77.8 cm³/mol. The highest BCUT2D eigenvalue weighted by molar-refractivity contribution is 5.54. The number of nitrogens with zero attached hydrogens (tertiary/aromatic N) is 1. The highest BCUT2D eigenvalue weighted by Crippen LogP contribution is 2.23. The van der Waals surface area contributed by atoms with Gasteiger partial charge in [0.05, 0.1) is 12.8 Å². The van der Waals surface area contributed by atoms with Gasteiger partial charge in [-0.2, -0.15) is 0 Å². The third kappa shape index (κ3) is 4.22. The Morgan fingerprint density at radius 2 is 1.89 bits per heavy atom. The lowest BCUT2D eigenvalue weighted by Crippen LogP contribution is -2.33. The third-order valence-corrected chi connectivity index (χ3v) is 3.01. The molecule has 0 saturated carbocycles. The van der Waals surface area contributed by atoms with Gasteiger partial charge >= 0.3 is 0 Å². The first-order valence-electron chi connectivity index (χ1n) is 6.60. The van der Waals surface area contributed by atoms with Gasteiger partial charge in [-0.25, -0.2) is 0 Å². The minimum absolute atomic E-state index is 0.538. The van der Waals surface area contributed by atoms with Crippen LogP contribution >= 0.6 is 0 Å². The van der Waals surface area contributed by atoms with E-state index >= 15 is 0 Å². The smallest absolute Gasteiger partial charge is 0.141 e. The van der Waals surface area contributed by atoms with Crippen LogP contribution in [0.5, 0.6) is 5.75 Å².